The molecule has 0 aliphatic carbocycles. The van der Waals surface area contributed by atoms with Crippen LogP contribution in [0.5, 0.6) is 0 Å². The Morgan fingerprint density at radius 2 is 2.14 bits per heavy atom. The van der Waals surface area contributed by atoms with E-state index in [2.05, 4.69) is 15.3 Å². The number of nitrogens with one attached hydrogen (secondary N) is 1. The monoisotopic (exact) mass is 316 g/mol. The summed E-state index contributed by atoms with van der Waals surface area (Å²) in [7, 11) is 0. The van der Waals surface area contributed by atoms with E-state index in [1.165, 1.54) is 9.57 Å². The molecule has 0 bridgehead atoms. The lowest BCUT2D eigenvalue weighted by molar-refractivity contribution is 0.573. The van der Waals surface area contributed by atoms with Gasteiger partial charge in [0.05, 0.1) is 12.5 Å². The van der Waals surface area contributed by atoms with Crippen molar-refractivity contribution >= 4 is 30.2 Å². The maximum atomic E-state index is 5.33. The van der Waals surface area contributed by atoms with E-state index in [-0.39, 0.29) is 0 Å². The van der Waals surface area contributed by atoms with Gasteiger partial charge in [0.2, 0.25) is 10.6 Å². The van der Waals surface area contributed by atoms with Gasteiger partial charge in [0.25, 0.3) is 0 Å². The minimum atomic E-state index is 0.415. The van der Waals surface area contributed by atoms with E-state index < -0.39 is 0 Å². The van der Waals surface area contributed by atoms with Gasteiger partial charge in [0, 0.05) is 4.90 Å². The third-order valence-corrected chi connectivity index (χ3v) is 3.84. The van der Waals surface area contributed by atoms with Crippen molar-refractivity contribution < 1.29 is 4.42 Å². The molecule has 1 aromatic carbocycles. The number of furan rings is 1. The molecule has 2 aromatic heterocycles. The standard InChI is InChI=1S/C14H12N4OS2/c1-21-11-6-4-10(5-7-11)9-15-18-13(16-17-14(18)20)12-3-2-8-19-12/h2-9H,1H3,(H,17,20). The minimum Gasteiger partial charge on any atom is -0.461 e. The fourth-order valence-electron chi connectivity index (χ4n) is 1.78. The molecule has 106 valence electrons. The highest BCUT2D eigenvalue weighted by atomic mass is 32.2. The summed E-state index contributed by atoms with van der Waals surface area (Å²) in [6, 6.07) is 11.7. The molecule has 0 atom stereocenters. The zero-order valence-electron chi connectivity index (χ0n) is 11.2. The Labute approximate surface area is 130 Å². The number of nitrogens with zero attached hydrogens (tertiary/aromatic N) is 3. The second-order valence-corrected chi connectivity index (χ2v) is 5.43. The predicted octanol–water partition coefficient (Wildman–Crippen LogP) is 3.80. The Hall–Kier alpha value is -2.12. The zero-order valence-corrected chi connectivity index (χ0v) is 12.8. The number of hydrogen-bond acceptors (Lipinski definition) is 5. The topological polar surface area (TPSA) is 59.1 Å². The van der Waals surface area contributed by atoms with Gasteiger partial charge in [-0.2, -0.15) is 9.78 Å². The van der Waals surface area contributed by atoms with E-state index in [0.717, 1.165) is 5.56 Å². The lowest BCUT2D eigenvalue weighted by Crippen LogP contribution is -1.94. The lowest BCUT2D eigenvalue weighted by atomic mass is 10.2. The molecule has 0 aliphatic rings. The lowest BCUT2D eigenvalue weighted by Gasteiger charge is -1.98. The van der Waals surface area contributed by atoms with Crippen LogP contribution in [0.4, 0.5) is 0 Å². The highest BCUT2D eigenvalue weighted by molar-refractivity contribution is 7.98. The van der Waals surface area contributed by atoms with Crippen LogP contribution in [0, 0.1) is 4.77 Å². The van der Waals surface area contributed by atoms with Crippen LogP contribution < -0.4 is 0 Å². The maximum Gasteiger partial charge on any atom is 0.219 e. The fourth-order valence-corrected chi connectivity index (χ4v) is 2.37. The minimum absolute atomic E-state index is 0.415. The first-order valence-corrected chi connectivity index (χ1v) is 7.81. The largest absolute Gasteiger partial charge is 0.461 e. The van der Waals surface area contributed by atoms with E-state index in [0.29, 0.717) is 16.4 Å². The number of benzene rings is 1. The molecule has 3 aromatic rings. The molecule has 0 fully saturated rings. The van der Waals surface area contributed by atoms with Crippen molar-refractivity contribution in [2.75, 3.05) is 6.26 Å². The molecular formula is C14H12N4OS2. The molecule has 0 amide bonds. The summed E-state index contributed by atoms with van der Waals surface area (Å²) in [5, 5.41) is 11.2. The van der Waals surface area contributed by atoms with Gasteiger partial charge in [-0.25, -0.2) is 5.10 Å². The van der Waals surface area contributed by atoms with Crippen molar-refractivity contribution in [3.63, 3.8) is 0 Å². The fraction of sp³-hybridized carbons (Fsp3) is 0.0714. The van der Waals surface area contributed by atoms with E-state index >= 15 is 0 Å². The average Bonchev–Trinajstić information content (AvgIpc) is 3.15. The second kappa shape index (κ2) is 6.11. The van der Waals surface area contributed by atoms with Crippen molar-refractivity contribution in [2.45, 2.75) is 4.90 Å². The van der Waals surface area contributed by atoms with Crippen molar-refractivity contribution in [2.24, 2.45) is 5.10 Å². The van der Waals surface area contributed by atoms with E-state index in [1.807, 2.05) is 36.6 Å². The number of aromatic nitrogens is 3. The van der Waals surface area contributed by atoms with Crippen molar-refractivity contribution in [3.8, 4) is 11.6 Å². The van der Waals surface area contributed by atoms with Gasteiger partial charge in [0.15, 0.2) is 5.76 Å². The Morgan fingerprint density at radius 1 is 1.33 bits per heavy atom. The van der Waals surface area contributed by atoms with Crippen LogP contribution in [0.2, 0.25) is 0 Å². The molecule has 0 aliphatic heterocycles. The quantitative estimate of drug-likeness (QED) is 0.452. The van der Waals surface area contributed by atoms with Gasteiger partial charge in [-0.15, -0.1) is 16.9 Å². The Balaban J connectivity index is 1.92. The van der Waals surface area contributed by atoms with Crippen molar-refractivity contribution in [3.05, 3.63) is 53.0 Å². The molecule has 21 heavy (non-hydrogen) atoms. The number of rotatable bonds is 4. The summed E-state index contributed by atoms with van der Waals surface area (Å²) in [6.07, 6.45) is 5.37. The summed E-state index contributed by atoms with van der Waals surface area (Å²) in [5.74, 6) is 1.15. The third-order valence-electron chi connectivity index (χ3n) is 2.83. The van der Waals surface area contributed by atoms with Gasteiger partial charge in [-0.1, -0.05) is 12.1 Å². The van der Waals surface area contributed by atoms with Gasteiger partial charge in [0.1, 0.15) is 0 Å². The molecule has 3 rings (SSSR count). The molecule has 1 N–H and O–H groups in total. The van der Waals surface area contributed by atoms with Crippen molar-refractivity contribution in [1.29, 1.82) is 0 Å². The summed E-state index contributed by atoms with van der Waals surface area (Å²) < 4.78 is 7.28. The second-order valence-electron chi connectivity index (χ2n) is 4.16. The summed E-state index contributed by atoms with van der Waals surface area (Å²) >= 11 is 6.89. The van der Waals surface area contributed by atoms with Crippen LogP contribution in [-0.4, -0.2) is 27.3 Å². The Kier molecular flexibility index (Phi) is 4.03. The third kappa shape index (κ3) is 2.98. The average molecular weight is 316 g/mol. The zero-order chi connectivity index (χ0) is 14.7. The first kappa shape index (κ1) is 13.8. The normalized spacial score (nSPS) is 11.3. The van der Waals surface area contributed by atoms with Crippen LogP contribution in [0.1, 0.15) is 5.56 Å². The highest BCUT2D eigenvalue weighted by Crippen LogP contribution is 2.17. The summed E-state index contributed by atoms with van der Waals surface area (Å²) in [4.78, 5) is 1.21. The first-order chi connectivity index (χ1) is 10.3. The van der Waals surface area contributed by atoms with E-state index in [4.69, 9.17) is 16.6 Å². The van der Waals surface area contributed by atoms with E-state index in [1.54, 1.807) is 30.3 Å². The number of H-pyrrole nitrogens is 1. The molecule has 0 unspecified atom stereocenters. The maximum absolute atomic E-state index is 5.33. The van der Waals surface area contributed by atoms with Gasteiger partial charge in [-0.05, 0) is 48.3 Å². The predicted molar refractivity (Wildman–Crippen MR) is 86.3 cm³/mol. The molecular weight excluding hydrogens is 304 g/mol. The molecule has 2 heterocycles. The summed E-state index contributed by atoms with van der Waals surface area (Å²) in [6.45, 7) is 0. The summed E-state index contributed by atoms with van der Waals surface area (Å²) in [5.41, 5.74) is 0.987. The number of hydrogen-bond donors (Lipinski definition) is 1. The van der Waals surface area contributed by atoms with Crippen LogP contribution in [0.25, 0.3) is 11.6 Å². The van der Waals surface area contributed by atoms with Crippen LogP contribution >= 0.6 is 24.0 Å². The van der Waals surface area contributed by atoms with Gasteiger partial charge < -0.3 is 4.42 Å². The van der Waals surface area contributed by atoms with E-state index in [9.17, 15) is 0 Å². The first-order valence-electron chi connectivity index (χ1n) is 6.17. The molecule has 0 radical (unpaired) electrons. The van der Waals surface area contributed by atoms with Crippen LogP contribution in [-0.2, 0) is 0 Å². The van der Waals surface area contributed by atoms with Gasteiger partial charge >= 0.3 is 0 Å². The van der Waals surface area contributed by atoms with Crippen molar-refractivity contribution in [1.82, 2.24) is 14.9 Å². The Bertz CT molecular complexity index is 800. The van der Waals surface area contributed by atoms with Crippen LogP contribution in [0.15, 0.2) is 57.1 Å². The molecule has 0 spiro atoms. The molecule has 0 saturated heterocycles. The smallest absolute Gasteiger partial charge is 0.219 e. The number of aromatic amines is 1. The van der Waals surface area contributed by atoms with Gasteiger partial charge in [-0.3, -0.25) is 0 Å². The molecule has 7 heteroatoms. The molecule has 0 saturated carbocycles. The molecule has 5 nitrogen and oxygen atoms in total. The highest BCUT2D eigenvalue weighted by Gasteiger charge is 2.10. The van der Waals surface area contributed by atoms with Crippen LogP contribution in [0.3, 0.4) is 0 Å². The SMILES string of the molecule is CSc1ccc(C=Nn2c(-c3ccco3)n[nH]c2=S)cc1. The Morgan fingerprint density at radius 3 is 2.81 bits per heavy atom. The number of thioether (sulfide) groups is 1.